The van der Waals surface area contributed by atoms with Gasteiger partial charge >= 0.3 is 5.69 Å². The second-order valence-corrected chi connectivity index (χ2v) is 5.04. The number of nitrogens with one attached hydrogen (secondary N) is 1. The van der Waals surface area contributed by atoms with E-state index < -0.39 is 5.69 Å². The van der Waals surface area contributed by atoms with E-state index in [2.05, 4.69) is 4.98 Å². The number of aromatic nitrogens is 2. The third-order valence-electron chi connectivity index (χ3n) is 3.20. The van der Waals surface area contributed by atoms with E-state index in [0.717, 1.165) is 24.0 Å². The second-order valence-electron chi connectivity index (χ2n) is 5.04. The lowest BCUT2D eigenvalue weighted by Crippen LogP contribution is -2.53. The standard InChI is InChI=1S/C11H18N4O2/c1-11(12)4-3-5-15(7-11)8-6-9(16)14(2)10(17)13-8/h6H,3-5,7,12H2,1-2H3,(H,13,17). The van der Waals surface area contributed by atoms with Gasteiger partial charge in [0.1, 0.15) is 5.82 Å². The molecule has 1 unspecified atom stereocenters. The SMILES string of the molecule is Cn1c(=O)cc(N2CCCC(C)(N)C2)[nH]c1=O. The second kappa shape index (κ2) is 4.03. The van der Waals surface area contributed by atoms with E-state index >= 15 is 0 Å². The average Bonchev–Trinajstić information content (AvgIpc) is 2.23. The molecule has 2 heterocycles. The van der Waals surface area contributed by atoms with Gasteiger partial charge in [-0.2, -0.15) is 0 Å². The molecule has 0 aromatic carbocycles. The summed E-state index contributed by atoms with van der Waals surface area (Å²) in [5.74, 6) is 0.564. The molecule has 1 atom stereocenters. The third-order valence-corrected chi connectivity index (χ3v) is 3.20. The van der Waals surface area contributed by atoms with E-state index in [1.165, 1.54) is 13.1 Å². The molecule has 0 radical (unpaired) electrons. The molecule has 1 fully saturated rings. The first-order valence-corrected chi connectivity index (χ1v) is 5.73. The molecule has 0 amide bonds. The fraction of sp³-hybridized carbons (Fsp3) is 0.636. The Morgan fingerprint density at radius 3 is 2.76 bits per heavy atom. The van der Waals surface area contributed by atoms with E-state index in [4.69, 9.17) is 5.73 Å². The predicted octanol–water partition coefficient (Wildman–Crippen LogP) is -0.609. The summed E-state index contributed by atoms with van der Waals surface area (Å²) in [6, 6.07) is 1.45. The smallest absolute Gasteiger partial charge is 0.329 e. The van der Waals surface area contributed by atoms with Crippen LogP contribution in [0.25, 0.3) is 0 Å². The highest BCUT2D eigenvalue weighted by atomic mass is 16.2. The third kappa shape index (κ3) is 2.41. The monoisotopic (exact) mass is 238 g/mol. The molecule has 1 saturated heterocycles. The van der Waals surface area contributed by atoms with Gasteiger partial charge in [0.25, 0.3) is 5.56 Å². The highest BCUT2D eigenvalue weighted by Crippen LogP contribution is 2.21. The Balaban J connectivity index is 2.35. The topological polar surface area (TPSA) is 84.1 Å². The Kier molecular flexibility index (Phi) is 2.82. The molecule has 0 spiro atoms. The van der Waals surface area contributed by atoms with Crippen LogP contribution in [-0.4, -0.2) is 28.2 Å². The molecule has 2 rings (SSSR count). The van der Waals surface area contributed by atoms with Crippen LogP contribution in [0.15, 0.2) is 15.7 Å². The van der Waals surface area contributed by atoms with Gasteiger partial charge in [-0.15, -0.1) is 0 Å². The Labute approximate surface area is 99.1 Å². The summed E-state index contributed by atoms with van der Waals surface area (Å²) in [6.45, 7) is 3.45. The van der Waals surface area contributed by atoms with Crippen molar-refractivity contribution in [3.63, 3.8) is 0 Å². The zero-order chi connectivity index (χ0) is 12.6. The molecule has 1 aliphatic heterocycles. The summed E-state index contributed by atoms with van der Waals surface area (Å²) in [4.78, 5) is 27.7. The van der Waals surface area contributed by atoms with Crippen molar-refractivity contribution in [2.45, 2.75) is 25.3 Å². The fourth-order valence-corrected chi connectivity index (χ4v) is 2.19. The number of nitrogens with zero attached hydrogens (tertiary/aromatic N) is 2. The predicted molar refractivity (Wildman–Crippen MR) is 66.3 cm³/mol. The average molecular weight is 238 g/mol. The van der Waals surface area contributed by atoms with Crippen LogP contribution in [0.3, 0.4) is 0 Å². The molecule has 94 valence electrons. The fourth-order valence-electron chi connectivity index (χ4n) is 2.19. The molecule has 6 nitrogen and oxygen atoms in total. The molecule has 17 heavy (non-hydrogen) atoms. The largest absolute Gasteiger partial charge is 0.356 e. The maximum absolute atomic E-state index is 11.5. The Bertz CT molecular complexity index is 498. The van der Waals surface area contributed by atoms with Crippen LogP contribution in [0, 0.1) is 0 Å². The molecular weight excluding hydrogens is 220 g/mol. The van der Waals surface area contributed by atoms with Gasteiger partial charge in [0.15, 0.2) is 0 Å². The summed E-state index contributed by atoms with van der Waals surface area (Å²) in [5.41, 5.74) is 5.14. The molecule has 1 aromatic rings. The van der Waals surface area contributed by atoms with E-state index in [1.807, 2.05) is 11.8 Å². The Morgan fingerprint density at radius 1 is 1.47 bits per heavy atom. The molecule has 0 saturated carbocycles. The van der Waals surface area contributed by atoms with Crippen LogP contribution in [0.1, 0.15) is 19.8 Å². The number of nitrogens with two attached hydrogens (primary N) is 1. The van der Waals surface area contributed by atoms with Gasteiger partial charge in [0.2, 0.25) is 0 Å². The summed E-state index contributed by atoms with van der Waals surface area (Å²) in [7, 11) is 1.45. The lowest BCUT2D eigenvalue weighted by molar-refractivity contribution is 0.373. The van der Waals surface area contributed by atoms with Gasteiger partial charge in [-0.05, 0) is 19.8 Å². The maximum atomic E-state index is 11.5. The molecule has 3 N–H and O–H groups in total. The van der Waals surface area contributed by atoms with Gasteiger partial charge in [-0.1, -0.05) is 0 Å². The molecule has 1 aromatic heterocycles. The zero-order valence-corrected chi connectivity index (χ0v) is 10.2. The first-order chi connectivity index (χ1) is 7.89. The van der Waals surface area contributed by atoms with Crippen molar-refractivity contribution in [1.29, 1.82) is 0 Å². The molecule has 0 bridgehead atoms. The first kappa shape index (κ1) is 11.9. The van der Waals surface area contributed by atoms with Crippen molar-refractivity contribution in [3.05, 3.63) is 26.9 Å². The van der Waals surface area contributed by atoms with Crippen LogP contribution < -0.4 is 21.9 Å². The summed E-state index contributed by atoms with van der Waals surface area (Å²) < 4.78 is 1.05. The summed E-state index contributed by atoms with van der Waals surface area (Å²) >= 11 is 0. The molecule has 1 aliphatic rings. The minimum absolute atomic E-state index is 0.268. The van der Waals surface area contributed by atoms with Gasteiger partial charge in [-0.25, -0.2) is 4.79 Å². The molecule has 6 heteroatoms. The van der Waals surface area contributed by atoms with Crippen molar-refractivity contribution >= 4 is 5.82 Å². The number of aromatic amines is 1. The minimum atomic E-state index is -0.392. The quantitative estimate of drug-likeness (QED) is 0.683. The van der Waals surface area contributed by atoms with E-state index in [0.29, 0.717) is 12.4 Å². The Morgan fingerprint density at radius 2 is 2.18 bits per heavy atom. The van der Waals surface area contributed by atoms with Crippen LogP contribution in [0.4, 0.5) is 5.82 Å². The number of hydrogen-bond acceptors (Lipinski definition) is 4. The van der Waals surface area contributed by atoms with Gasteiger partial charge in [0.05, 0.1) is 0 Å². The van der Waals surface area contributed by atoms with E-state index in [1.54, 1.807) is 0 Å². The minimum Gasteiger partial charge on any atom is -0.356 e. The maximum Gasteiger partial charge on any atom is 0.329 e. The first-order valence-electron chi connectivity index (χ1n) is 5.73. The number of H-pyrrole nitrogens is 1. The van der Waals surface area contributed by atoms with Crippen molar-refractivity contribution in [3.8, 4) is 0 Å². The van der Waals surface area contributed by atoms with Crippen molar-refractivity contribution < 1.29 is 0 Å². The van der Waals surface area contributed by atoms with Crippen molar-refractivity contribution in [1.82, 2.24) is 9.55 Å². The van der Waals surface area contributed by atoms with E-state index in [-0.39, 0.29) is 11.1 Å². The van der Waals surface area contributed by atoms with Crippen molar-refractivity contribution in [2.24, 2.45) is 12.8 Å². The Hall–Kier alpha value is -1.56. The number of anilines is 1. The lowest BCUT2D eigenvalue weighted by Gasteiger charge is -2.38. The highest BCUT2D eigenvalue weighted by molar-refractivity contribution is 5.38. The number of rotatable bonds is 1. The van der Waals surface area contributed by atoms with Gasteiger partial charge in [-0.3, -0.25) is 14.3 Å². The molecule has 0 aliphatic carbocycles. The zero-order valence-electron chi connectivity index (χ0n) is 10.2. The normalized spacial score (nSPS) is 25.0. The summed E-state index contributed by atoms with van der Waals surface area (Å²) in [6.07, 6.45) is 1.92. The van der Waals surface area contributed by atoms with Gasteiger partial charge in [0, 0.05) is 31.7 Å². The number of piperidine rings is 1. The van der Waals surface area contributed by atoms with Crippen LogP contribution >= 0.6 is 0 Å². The molecular formula is C11H18N4O2. The van der Waals surface area contributed by atoms with E-state index in [9.17, 15) is 9.59 Å². The van der Waals surface area contributed by atoms with Crippen LogP contribution in [-0.2, 0) is 7.05 Å². The van der Waals surface area contributed by atoms with Crippen LogP contribution in [0.2, 0.25) is 0 Å². The van der Waals surface area contributed by atoms with Crippen molar-refractivity contribution in [2.75, 3.05) is 18.0 Å². The van der Waals surface area contributed by atoms with Gasteiger partial charge < -0.3 is 10.6 Å². The number of hydrogen-bond donors (Lipinski definition) is 2. The highest BCUT2D eigenvalue weighted by Gasteiger charge is 2.27. The lowest BCUT2D eigenvalue weighted by atomic mass is 9.92. The van der Waals surface area contributed by atoms with Crippen LogP contribution in [0.5, 0.6) is 0 Å². The summed E-state index contributed by atoms with van der Waals surface area (Å²) in [5, 5.41) is 0.